The van der Waals surface area contributed by atoms with Crippen LogP contribution >= 0.6 is 0 Å². The van der Waals surface area contributed by atoms with Crippen LogP contribution in [0.4, 0.5) is 5.82 Å². The van der Waals surface area contributed by atoms with Gasteiger partial charge < -0.3 is 9.64 Å². The van der Waals surface area contributed by atoms with E-state index < -0.39 is 0 Å². The molecule has 1 aliphatic rings. The Bertz CT molecular complexity index is 912. The van der Waals surface area contributed by atoms with Crippen molar-refractivity contribution in [2.45, 2.75) is 19.1 Å². The van der Waals surface area contributed by atoms with Crippen LogP contribution in [0.1, 0.15) is 28.5 Å². The third-order valence-corrected chi connectivity index (χ3v) is 5.26. The SMILES string of the molecule is CN(C)c1ncccc1CN1CCO[C@H](c2ccc(Cc3ccccc3)cn2)C1. The van der Waals surface area contributed by atoms with Crippen molar-refractivity contribution in [3.63, 3.8) is 0 Å². The van der Waals surface area contributed by atoms with E-state index in [1.807, 2.05) is 38.6 Å². The van der Waals surface area contributed by atoms with Crippen LogP contribution in [0.25, 0.3) is 0 Å². The van der Waals surface area contributed by atoms with E-state index in [2.05, 4.69) is 57.2 Å². The smallest absolute Gasteiger partial charge is 0.132 e. The van der Waals surface area contributed by atoms with Gasteiger partial charge in [-0.15, -0.1) is 0 Å². The van der Waals surface area contributed by atoms with E-state index in [0.29, 0.717) is 0 Å². The number of benzene rings is 1. The number of morpholine rings is 1. The Morgan fingerprint density at radius 1 is 1.00 bits per heavy atom. The minimum Gasteiger partial charge on any atom is -0.369 e. The van der Waals surface area contributed by atoms with Crippen molar-refractivity contribution in [1.29, 1.82) is 0 Å². The maximum Gasteiger partial charge on any atom is 0.132 e. The van der Waals surface area contributed by atoms with E-state index in [9.17, 15) is 0 Å². The van der Waals surface area contributed by atoms with Crippen LogP contribution in [0.15, 0.2) is 67.0 Å². The van der Waals surface area contributed by atoms with Gasteiger partial charge in [0.15, 0.2) is 0 Å². The van der Waals surface area contributed by atoms with Crippen LogP contribution in [0, 0.1) is 0 Å². The number of pyridine rings is 2. The van der Waals surface area contributed by atoms with E-state index in [1.165, 1.54) is 16.7 Å². The molecule has 5 nitrogen and oxygen atoms in total. The molecule has 3 heterocycles. The Kier molecular flexibility index (Phi) is 6.17. The second kappa shape index (κ2) is 9.16. The molecule has 0 radical (unpaired) electrons. The van der Waals surface area contributed by atoms with Crippen LogP contribution in [-0.2, 0) is 17.7 Å². The quantitative estimate of drug-likeness (QED) is 0.644. The molecule has 1 atom stereocenters. The first-order chi connectivity index (χ1) is 14.2. The number of anilines is 1. The summed E-state index contributed by atoms with van der Waals surface area (Å²) in [5.74, 6) is 1.03. The molecule has 29 heavy (non-hydrogen) atoms. The summed E-state index contributed by atoms with van der Waals surface area (Å²) < 4.78 is 6.04. The second-order valence-electron chi connectivity index (χ2n) is 7.73. The fourth-order valence-electron chi connectivity index (χ4n) is 3.78. The summed E-state index contributed by atoms with van der Waals surface area (Å²) in [4.78, 5) is 13.7. The van der Waals surface area contributed by atoms with Crippen LogP contribution in [0.2, 0.25) is 0 Å². The van der Waals surface area contributed by atoms with Crippen molar-refractivity contribution in [3.8, 4) is 0 Å². The van der Waals surface area contributed by atoms with Crippen LogP contribution < -0.4 is 4.90 Å². The highest BCUT2D eigenvalue weighted by molar-refractivity contribution is 5.45. The van der Waals surface area contributed by atoms with Crippen LogP contribution in [0.3, 0.4) is 0 Å². The van der Waals surface area contributed by atoms with Crippen molar-refractivity contribution in [1.82, 2.24) is 14.9 Å². The first-order valence-corrected chi connectivity index (χ1v) is 10.1. The maximum atomic E-state index is 6.04. The number of hydrogen-bond donors (Lipinski definition) is 0. The van der Waals surface area contributed by atoms with Crippen molar-refractivity contribution < 1.29 is 4.74 Å². The number of hydrogen-bond acceptors (Lipinski definition) is 5. The Morgan fingerprint density at radius 3 is 2.62 bits per heavy atom. The summed E-state index contributed by atoms with van der Waals surface area (Å²) in [6, 6.07) is 18.9. The van der Waals surface area contributed by atoms with Gasteiger partial charge in [0.05, 0.1) is 12.3 Å². The number of rotatable bonds is 6. The minimum atomic E-state index is 0.00834. The van der Waals surface area contributed by atoms with Gasteiger partial charge in [-0.2, -0.15) is 0 Å². The highest BCUT2D eigenvalue weighted by atomic mass is 16.5. The average Bonchev–Trinajstić information content (AvgIpc) is 2.75. The molecule has 5 heteroatoms. The van der Waals surface area contributed by atoms with Gasteiger partial charge in [0.25, 0.3) is 0 Å². The summed E-state index contributed by atoms with van der Waals surface area (Å²) in [7, 11) is 4.07. The molecule has 3 aromatic rings. The third-order valence-electron chi connectivity index (χ3n) is 5.26. The molecular formula is C24H28N4O. The van der Waals surface area contributed by atoms with E-state index in [1.54, 1.807) is 0 Å². The van der Waals surface area contributed by atoms with Crippen LogP contribution in [-0.4, -0.2) is 48.7 Å². The molecule has 1 aliphatic heterocycles. The molecule has 0 bridgehead atoms. The zero-order valence-electron chi connectivity index (χ0n) is 17.2. The van der Waals surface area contributed by atoms with E-state index in [-0.39, 0.29) is 6.10 Å². The predicted octanol–water partition coefficient (Wildman–Crippen LogP) is 3.71. The van der Waals surface area contributed by atoms with Gasteiger partial charge in [0, 0.05) is 51.7 Å². The molecular weight excluding hydrogens is 360 g/mol. The van der Waals surface area contributed by atoms with E-state index in [0.717, 1.165) is 44.2 Å². The van der Waals surface area contributed by atoms with Crippen molar-refractivity contribution in [2.24, 2.45) is 0 Å². The summed E-state index contributed by atoms with van der Waals surface area (Å²) in [5.41, 5.74) is 4.77. The van der Waals surface area contributed by atoms with Crippen LogP contribution in [0.5, 0.6) is 0 Å². The fraction of sp³-hybridized carbons (Fsp3) is 0.333. The molecule has 1 aromatic carbocycles. The lowest BCUT2D eigenvalue weighted by Crippen LogP contribution is -2.38. The maximum absolute atomic E-state index is 6.04. The molecule has 2 aromatic heterocycles. The van der Waals surface area contributed by atoms with E-state index in [4.69, 9.17) is 9.72 Å². The summed E-state index contributed by atoms with van der Waals surface area (Å²) in [5, 5.41) is 0. The molecule has 1 fully saturated rings. The van der Waals surface area contributed by atoms with Crippen molar-refractivity contribution in [3.05, 3.63) is 89.4 Å². The highest BCUT2D eigenvalue weighted by Gasteiger charge is 2.24. The lowest BCUT2D eigenvalue weighted by Gasteiger charge is -2.33. The van der Waals surface area contributed by atoms with Gasteiger partial charge in [0.2, 0.25) is 0 Å². The third kappa shape index (κ3) is 5.00. The number of ether oxygens (including phenoxy) is 1. The zero-order valence-corrected chi connectivity index (χ0v) is 17.2. The standard InChI is InChI=1S/C24H28N4O/c1-27(2)24-21(9-6-12-25-24)17-28-13-14-29-23(18-28)22-11-10-20(16-26-22)15-19-7-4-3-5-8-19/h3-12,16,23H,13-15,17-18H2,1-2H3/t23-/m0/s1. The molecule has 0 unspecified atom stereocenters. The molecule has 0 amide bonds. The monoisotopic (exact) mass is 388 g/mol. The normalized spacial score (nSPS) is 17.2. The van der Waals surface area contributed by atoms with Gasteiger partial charge in [0.1, 0.15) is 11.9 Å². The highest BCUT2D eigenvalue weighted by Crippen LogP contribution is 2.24. The van der Waals surface area contributed by atoms with E-state index >= 15 is 0 Å². The number of aromatic nitrogens is 2. The number of nitrogens with zero attached hydrogens (tertiary/aromatic N) is 4. The lowest BCUT2D eigenvalue weighted by molar-refractivity contribution is -0.0349. The summed E-state index contributed by atoms with van der Waals surface area (Å²) in [6.45, 7) is 3.35. The van der Waals surface area contributed by atoms with Gasteiger partial charge in [-0.25, -0.2) is 4.98 Å². The molecule has 0 aliphatic carbocycles. The molecule has 1 saturated heterocycles. The topological polar surface area (TPSA) is 41.5 Å². The first-order valence-electron chi connectivity index (χ1n) is 10.1. The molecule has 4 rings (SSSR count). The Morgan fingerprint density at radius 2 is 1.86 bits per heavy atom. The second-order valence-corrected chi connectivity index (χ2v) is 7.73. The van der Waals surface area contributed by atoms with Crippen molar-refractivity contribution >= 4 is 5.82 Å². The lowest BCUT2D eigenvalue weighted by atomic mass is 10.1. The zero-order chi connectivity index (χ0) is 20.1. The largest absolute Gasteiger partial charge is 0.369 e. The Labute approximate surface area is 173 Å². The molecule has 150 valence electrons. The predicted molar refractivity (Wildman–Crippen MR) is 116 cm³/mol. The Balaban J connectivity index is 1.41. The minimum absolute atomic E-state index is 0.00834. The van der Waals surface area contributed by atoms with Crippen molar-refractivity contribution in [2.75, 3.05) is 38.7 Å². The molecule has 0 spiro atoms. The molecule has 0 saturated carbocycles. The average molecular weight is 389 g/mol. The summed E-state index contributed by atoms with van der Waals surface area (Å²) in [6.07, 6.45) is 4.74. The van der Waals surface area contributed by atoms with Gasteiger partial charge >= 0.3 is 0 Å². The first kappa shape index (κ1) is 19.6. The summed E-state index contributed by atoms with van der Waals surface area (Å²) >= 11 is 0. The van der Waals surface area contributed by atoms with Gasteiger partial charge in [-0.1, -0.05) is 42.5 Å². The fourth-order valence-corrected chi connectivity index (χ4v) is 3.78. The van der Waals surface area contributed by atoms with Gasteiger partial charge in [-0.3, -0.25) is 9.88 Å². The van der Waals surface area contributed by atoms with Gasteiger partial charge in [-0.05, 0) is 29.7 Å². The molecule has 0 N–H and O–H groups in total. The Hall–Kier alpha value is -2.76.